The van der Waals surface area contributed by atoms with Crippen LogP contribution in [-0.2, 0) is 24.1 Å². The molecule has 0 bridgehead atoms. The molecule has 2 heterocycles. The average Bonchev–Trinajstić information content (AvgIpc) is 2.81. The number of aryl methyl sites for hydroxylation is 2. The molecule has 110 valence electrons. The lowest BCUT2D eigenvalue weighted by Gasteiger charge is -2.06. The van der Waals surface area contributed by atoms with Gasteiger partial charge in [-0.25, -0.2) is 4.98 Å². The number of fused-ring (bicyclic) bond motifs is 1. The summed E-state index contributed by atoms with van der Waals surface area (Å²) in [5.41, 5.74) is 2.11. The lowest BCUT2D eigenvalue weighted by molar-refractivity contribution is -0.115. The second-order valence-corrected chi connectivity index (χ2v) is 6.47. The summed E-state index contributed by atoms with van der Waals surface area (Å²) in [7, 11) is 0. The molecule has 0 radical (unpaired) electrons. The Morgan fingerprint density at radius 1 is 1.24 bits per heavy atom. The molecule has 0 spiro atoms. The van der Waals surface area contributed by atoms with Gasteiger partial charge in [0, 0.05) is 17.3 Å². The van der Waals surface area contributed by atoms with Gasteiger partial charge in [0.2, 0.25) is 5.91 Å². The Morgan fingerprint density at radius 2 is 2.10 bits per heavy atom. The van der Waals surface area contributed by atoms with Gasteiger partial charge < -0.3 is 5.32 Å². The number of hydrogen-bond acceptors (Lipinski definition) is 4. The first kappa shape index (κ1) is 14.2. The third-order valence-corrected chi connectivity index (χ3v) is 4.75. The Balaban J connectivity index is 1.64. The molecule has 5 heteroatoms. The molecule has 0 aromatic carbocycles. The summed E-state index contributed by atoms with van der Waals surface area (Å²) in [5, 5.41) is 3.68. The number of rotatable bonds is 3. The van der Waals surface area contributed by atoms with E-state index in [-0.39, 0.29) is 5.91 Å². The Morgan fingerprint density at radius 3 is 2.90 bits per heavy atom. The fourth-order valence-corrected chi connectivity index (χ4v) is 3.68. The standard InChI is InChI=1S/C16H19N3OS/c20-15(10-12-6-5-9-17-11-12)19-16-18-13-7-3-1-2-4-8-14(13)21-16/h5-6,9,11H,1-4,7-8,10H2,(H,18,19,20). The number of carbonyl (C=O) groups is 1. The van der Waals surface area contributed by atoms with Gasteiger partial charge in [0.1, 0.15) is 0 Å². The van der Waals surface area contributed by atoms with Crippen LogP contribution >= 0.6 is 11.3 Å². The number of nitrogens with zero attached hydrogens (tertiary/aromatic N) is 2. The highest BCUT2D eigenvalue weighted by Crippen LogP contribution is 2.28. The van der Waals surface area contributed by atoms with Crippen LogP contribution in [0.25, 0.3) is 0 Å². The zero-order chi connectivity index (χ0) is 14.5. The molecule has 1 amide bonds. The molecule has 1 aliphatic rings. The van der Waals surface area contributed by atoms with Crippen LogP contribution in [0.4, 0.5) is 5.13 Å². The van der Waals surface area contributed by atoms with Crippen LogP contribution in [-0.4, -0.2) is 15.9 Å². The molecule has 1 aliphatic carbocycles. The third kappa shape index (κ3) is 3.88. The van der Waals surface area contributed by atoms with Gasteiger partial charge in [0.25, 0.3) is 0 Å². The van der Waals surface area contributed by atoms with Crippen LogP contribution in [0.5, 0.6) is 0 Å². The van der Waals surface area contributed by atoms with Gasteiger partial charge in [-0.15, -0.1) is 11.3 Å². The van der Waals surface area contributed by atoms with Crippen molar-refractivity contribution in [3.63, 3.8) is 0 Å². The van der Waals surface area contributed by atoms with Crippen LogP contribution in [0.15, 0.2) is 24.5 Å². The smallest absolute Gasteiger partial charge is 0.230 e. The largest absolute Gasteiger partial charge is 0.302 e. The quantitative estimate of drug-likeness (QED) is 0.945. The van der Waals surface area contributed by atoms with Crippen molar-refractivity contribution in [3.8, 4) is 0 Å². The van der Waals surface area contributed by atoms with E-state index in [0.717, 1.165) is 23.5 Å². The molecular formula is C16H19N3OS. The highest BCUT2D eigenvalue weighted by molar-refractivity contribution is 7.15. The van der Waals surface area contributed by atoms with Crippen molar-refractivity contribution in [2.45, 2.75) is 44.9 Å². The summed E-state index contributed by atoms with van der Waals surface area (Å²) in [6, 6.07) is 3.76. The number of pyridine rings is 1. The fourth-order valence-electron chi connectivity index (χ4n) is 2.61. The van der Waals surface area contributed by atoms with Crippen LogP contribution in [0.1, 0.15) is 41.8 Å². The van der Waals surface area contributed by atoms with Crippen molar-refractivity contribution >= 4 is 22.4 Å². The van der Waals surface area contributed by atoms with Gasteiger partial charge >= 0.3 is 0 Å². The minimum absolute atomic E-state index is 0.0234. The summed E-state index contributed by atoms with van der Waals surface area (Å²) in [4.78, 5) is 22.0. The third-order valence-electron chi connectivity index (χ3n) is 3.68. The maximum absolute atomic E-state index is 12.1. The lowest BCUT2D eigenvalue weighted by atomic mass is 10.0. The van der Waals surface area contributed by atoms with Gasteiger partial charge in [0.15, 0.2) is 5.13 Å². The van der Waals surface area contributed by atoms with E-state index in [1.807, 2.05) is 12.1 Å². The van der Waals surface area contributed by atoms with Crippen LogP contribution in [0.3, 0.4) is 0 Å². The van der Waals surface area contributed by atoms with Crippen LogP contribution in [0, 0.1) is 0 Å². The second-order valence-electron chi connectivity index (χ2n) is 5.39. The highest BCUT2D eigenvalue weighted by atomic mass is 32.1. The summed E-state index contributed by atoms with van der Waals surface area (Å²) < 4.78 is 0. The number of aromatic nitrogens is 2. The topological polar surface area (TPSA) is 54.9 Å². The first-order valence-corrected chi connectivity index (χ1v) is 8.30. The molecule has 0 fully saturated rings. The zero-order valence-electron chi connectivity index (χ0n) is 12.0. The SMILES string of the molecule is O=C(Cc1cccnc1)Nc1nc2c(s1)CCCCCC2. The minimum Gasteiger partial charge on any atom is -0.302 e. The fraction of sp³-hybridized carbons (Fsp3) is 0.438. The van der Waals surface area contributed by atoms with E-state index >= 15 is 0 Å². The molecule has 4 nitrogen and oxygen atoms in total. The molecule has 1 N–H and O–H groups in total. The normalized spacial score (nSPS) is 14.9. The van der Waals surface area contributed by atoms with Crippen molar-refractivity contribution in [2.24, 2.45) is 0 Å². The van der Waals surface area contributed by atoms with E-state index in [1.54, 1.807) is 23.7 Å². The summed E-state index contributed by atoms with van der Waals surface area (Å²) in [6.07, 6.45) is 11.0. The molecule has 0 aliphatic heterocycles. The predicted octanol–water partition coefficient (Wildman–Crippen LogP) is 3.38. The van der Waals surface area contributed by atoms with Gasteiger partial charge in [-0.05, 0) is 37.3 Å². The van der Waals surface area contributed by atoms with Gasteiger partial charge in [0.05, 0.1) is 12.1 Å². The van der Waals surface area contributed by atoms with Crippen molar-refractivity contribution < 1.29 is 4.79 Å². The Kier molecular flexibility index (Phi) is 4.60. The second kappa shape index (κ2) is 6.80. The molecule has 21 heavy (non-hydrogen) atoms. The number of thiazole rings is 1. The van der Waals surface area contributed by atoms with Crippen LogP contribution < -0.4 is 5.32 Å². The maximum atomic E-state index is 12.1. The Bertz CT molecular complexity index is 584. The molecule has 3 rings (SSSR count). The van der Waals surface area contributed by atoms with E-state index in [0.29, 0.717) is 6.42 Å². The van der Waals surface area contributed by atoms with Gasteiger partial charge in [-0.2, -0.15) is 0 Å². The minimum atomic E-state index is -0.0234. The number of hydrogen-bond donors (Lipinski definition) is 1. The summed E-state index contributed by atoms with van der Waals surface area (Å²) >= 11 is 1.64. The lowest BCUT2D eigenvalue weighted by Crippen LogP contribution is -2.14. The van der Waals surface area contributed by atoms with E-state index in [9.17, 15) is 4.79 Å². The zero-order valence-corrected chi connectivity index (χ0v) is 12.8. The molecule has 0 unspecified atom stereocenters. The molecule has 0 atom stereocenters. The van der Waals surface area contributed by atoms with E-state index in [4.69, 9.17) is 0 Å². The van der Waals surface area contributed by atoms with E-state index in [2.05, 4.69) is 15.3 Å². The first-order chi connectivity index (χ1) is 10.3. The average molecular weight is 301 g/mol. The molecule has 2 aromatic heterocycles. The first-order valence-electron chi connectivity index (χ1n) is 7.48. The van der Waals surface area contributed by atoms with Crippen LogP contribution in [0.2, 0.25) is 0 Å². The number of carbonyl (C=O) groups excluding carboxylic acids is 1. The molecular weight excluding hydrogens is 282 g/mol. The summed E-state index contributed by atoms with van der Waals surface area (Å²) in [6.45, 7) is 0. The van der Waals surface area contributed by atoms with Gasteiger partial charge in [-0.1, -0.05) is 18.9 Å². The summed E-state index contributed by atoms with van der Waals surface area (Å²) in [5.74, 6) is -0.0234. The molecule has 2 aromatic rings. The van der Waals surface area contributed by atoms with Crippen molar-refractivity contribution in [3.05, 3.63) is 40.7 Å². The van der Waals surface area contributed by atoms with E-state index in [1.165, 1.54) is 36.3 Å². The highest BCUT2D eigenvalue weighted by Gasteiger charge is 2.14. The Labute approximate surface area is 128 Å². The van der Waals surface area contributed by atoms with Crippen molar-refractivity contribution in [1.29, 1.82) is 0 Å². The van der Waals surface area contributed by atoms with Crippen molar-refractivity contribution in [2.75, 3.05) is 5.32 Å². The monoisotopic (exact) mass is 301 g/mol. The number of amides is 1. The van der Waals surface area contributed by atoms with Crippen molar-refractivity contribution in [1.82, 2.24) is 9.97 Å². The van der Waals surface area contributed by atoms with E-state index < -0.39 is 0 Å². The molecule has 0 saturated heterocycles. The number of anilines is 1. The number of nitrogens with one attached hydrogen (secondary N) is 1. The predicted molar refractivity (Wildman–Crippen MR) is 84.6 cm³/mol. The maximum Gasteiger partial charge on any atom is 0.230 e. The molecule has 0 saturated carbocycles. The Hall–Kier alpha value is -1.75. The van der Waals surface area contributed by atoms with Gasteiger partial charge in [-0.3, -0.25) is 9.78 Å².